The number of fused-ring (bicyclic) bond motifs is 1. The zero-order chi connectivity index (χ0) is 18.7. The molecule has 7 nitrogen and oxygen atoms in total. The summed E-state index contributed by atoms with van der Waals surface area (Å²) in [5.74, 6) is 0.667. The first-order valence-electron chi connectivity index (χ1n) is 8.37. The van der Waals surface area contributed by atoms with Crippen molar-refractivity contribution in [1.82, 2.24) is 24.9 Å². The molecule has 0 saturated heterocycles. The molecule has 0 spiro atoms. The number of aromatic amines is 1. The van der Waals surface area contributed by atoms with Gasteiger partial charge in [0.25, 0.3) is 5.56 Å². The lowest BCUT2D eigenvalue weighted by molar-refractivity contribution is -0.118. The molecule has 0 aliphatic rings. The lowest BCUT2D eigenvalue weighted by Crippen LogP contribution is -2.24. The van der Waals surface area contributed by atoms with Crippen LogP contribution in [0.15, 0.2) is 40.3 Å². The van der Waals surface area contributed by atoms with Gasteiger partial charge in [-0.3, -0.25) is 19.0 Å². The molecular formula is C18H21N5O2S. The van der Waals surface area contributed by atoms with Crippen LogP contribution in [0, 0.1) is 6.92 Å². The number of rotatable bonds is 6. The van der Waals surface area contributed by atoms with E-state index >= 15 is 0 Å². The summed E-state index contributed by atoms with van der Waals surface area (Å²) in [5, 5.41) is 11.6. The first-order valence-corrected chi connectivity index (χ1v) is 9.36. The van der Waals surface area contributed by atoms with E-state index in [1.807, 2.05) is 45.0 Å². The maximum Gasteiger partial charge on any atom is 0.252 e. The quantitative estimate of drug-likeness (QED) is 0.649. The summed E-state index contributed by atoms with van der Waals surface area (Å²) in [6.45, 7) is 6.51. The normalized spacial score (nSPS) is 11.2. The number of aromatic nitrogens is 4. The van der Waals surface area contributed by atoms with Crippen LogP contribution in [-0.2, 0) is 11.3 Å². The van der Waals surface area contributed by atoms with Gasteiger partial charge in [-0.05, 0) is 18.4 Å². The van der Waals surface area contributed by atoms with Crippen LogP contribution in [-0.4, -0.2) is 31.2 Å². The number of nitrogens with zero attached hydrogens (tertiary/aromatic N) is 3. The van der Waals surface area contributed by atoms with Gasteiger partial charge >= 0.3 is 0 Å². The van der Waals surface area contributed by atoms with Gasteiger partial charge in [-0.25, -0.2) is 0 Å². The monoisotopic (exact) mass is 371 g/mol. The minimum Gasteiger partial charge on any atom is -0.351 e. The predicted octanol–water partition coefficient (Wildman–Crippen LogP) is 2.26. The van der Waals surface area contributed by atoms with E-state index in [9.17, 15) is 9.59 Å². The van der Waals surface area contributed by atoms with Crippen molar-refractivity contribution in [3.05, 3.63) is 57.5 Å². The van der Waals surface area contributed by atoms with Crippen LogP contribution in [0.2, 0.25) is 0 Å². The van der Waals surface area contributed by atoms with Crippen molar-refractivity contribution in [2.24, 2.45) is 0 Å². The summed E-state index contributed by atoms with van der Waals surface area (Å²) in [5.41, 5.74) is 2.85. The van der Waals surface area contributed by atoms with E-state index in [1.165, 1.54) is 17.3 Å². The molecule has 3 rings (SSSR count). The molecule has 0 unspecified atom stereocenters. The van der Waals surface area contributed by atoms with Crippen molar-refractivity contribution in [2.45, 2.75) is 38.4 Å². The number of hydrogen-bond acceptors (Lipinski definition) is 5. The second-order valence-electron chi connectivity index (χ2n) is 6.41. The molecule has 0 bridgehead atoms. The standard InChI is InChI=1S/C18H21N5O2S/c1-11(2)14-8-15(24)20-17-21-22-18(23(14)17)26-10-16(25)19-9-13-6-4-12(3)5-7-13/h4-8,11H,9-10H2,1-3H3,(H,19,25)(H,20,21,24). The highest BCUT2D eigenvalue weighted by molar-refractivity contribution is 7.99. The van der Waals surface area contributed by atoms with Crippen molar-refractivity contribution in [3.63, 3.8) is 0 Å². The molecule has 0 saturated carbocycles. The molecule has 1 amide bonds. The number of amides is 1. The predicted molar refractivity (Wildman–Crippen MR) is 101 cm³/mol. The highest BCUT2D eigenvalue weighted by Gasteiger charge is 2.15. The molecule has 26 heavy (non-hydrogen) atoms. The molecule has 136 valence electrons. The molecule has 2 aromatic heterocycles. The van der Waals surface area contributed by atoms with Gasteiger partial charge in [-0.15, -0.1) is 10.2 Å². The fourth-order valence-corrected chi connectivity index (χ4v) is 3.32. The smallest absolute Gasteiger partial charge is 0.252 e. The van der Waals surface area contributed by atoms with Gasteiger partial charge in [0, 0.05) is 18.3 Å². The van der Waals surface area contributed by atoms with Gasteiger partial charge in [0.15, 0.2) is 5.16 Å². The molecule has 2 N–H and O–H groups in total. The number of thioether (sulfide) groups is 1. The molecular weight excluding hydrogens is 350 g/mol. The Morgan fingerprint density at radius 1 is 1.27 bits per heavy atom. The Morgan fingerprint density at radius 2 is 2.00 bits per heavy atom. The maximum atomic E-state index is 12.1. The third kappa shape index (κ3) is 4.13. The number of hydrogen-bond donors (Lipinski definition) is 2. The van der Waals surface area contributed by atoms with Crippen LogP contribution >= 0.6 is 11.8 Å². The van der Waals surface area contributed by atoms with Gasteiger partial charge in [0.2, 0.25) is 11.7 Å². The van der Waals surface area contributed by atoms with Crippen molar-refractivity contribution < 1.29 is 4.79 Å². The average molecular weight is 371 g/mol. The van der Waals surface area contributed by atoms with Crippen molar-refractivity contribution in [3.8, 4) is 0 Å². The second-order valence-corrected chi connectivity index (χ2v) is 7.35. The summed E-state index contributed by atoms with van der Waals surface area (Å²) in [7, 11) is 0. The molecule has 0 aliphatic carbocycles. The maximum absolute atomic E-state index is 12.1. The van der Waals surface area contributed by atoms with Crippen molar-refractivity contribution in [2.75, 3.05) is 5.75 Å². The Bertz CT molecular complexity index is 975. The van der Waals surface area contributed by atoms with E-state index in [0.717, 1.165) is 11.3 Å². The Hall–Kier alpha value is -2.61. The summed E-state index contributed by atoms with van der Waals surface area (Å²) in [6, 6.07) is 9.59. The summed E-state index contributed by atoms with van der Waals surface area (Å²) in [4.78, 5) is 26.5. The van der Waals surface area contributed by atoms with Crippen LogP contribution in [0.3, 0.4) is 0 Å². The zero-order valence-electron chi connectivity index (χ0n) is 14.9. The Morgan fingerprint density at radius 3 is 2.69 bits per heavy atom. The third-order valence-electron chi connectivity index (χ3n) is 3.94. The molecule has 1 aromatic carbocycles. The first kappa shape index (κ1) is 18.2. The average Bonchev–Trinajstić information content (AvgIpc) is 3.01. The molecule has 0 aliphatic heterocycles. The fourth-order valence-electron chi connectivity index (χ4n) is 2.53. The van der Waals surface area contributed by atoms with Crippen molar-refractivity contribution >= 4 is 23.4 Å². The summed E-state index contributed by atoms with van der Waals surface area (Å²) in [6.07, 6.45) is 0. The van der Waals surface area contributed by atoms with E-state index in [1.54, 1.807) is 10.5 Å². The first-order chi connectivity index (χ1) is 12.4. The number of nitrogens with one attached hydrogen (secondary N) is 2. The van der Waals surface area contributed by atoms with Crippen LogP contribution in [0.5, 0.6) is 0 Å². The topological polar surface area (TPSA) is 92.2 Å². The summed E-state index contributed by atoms with van der Waals surface area (Å²) < 4.78 is 1.80. The molecule has 3 aromatic rings. The lowest BCUT2D eigenvalue weighted by Gasteiger charge is -2.10. The van der Waals surface area contributed by atoms with Crippen LogP contribution in [0.4, 0.5) is 0 Å². The molecule has 8 heteroatoms. The van der Waals surface area contributed by atoms with E-state index in [4.69, 9.17) is 0 Å². The minimum absolute atomic E-state index is 0.0807. The van der Waals surface area contributed by atoms with Gasteiger partial charge in [-0.1, -0.05) is 55.4 Å². The van der Waals surface area contributed by atoms with Gasteiger partial charge < -0.3 is 5.32 Å². The molecule has 0 atom stereocenters. The van der Waals surface area contributed by atoms with Gasteiger partial charge in [0.1, 0.15) is 0 Å². The van der Waals surface area contributed by atoms with Gasteiger partial charge in [-0.2, -0.15) is 0 Å². The Balaban J connectivity index is 1.66. The van der Waals surface area contributed by atoms with Crippen LogP contribution < -0.4 is 10.9 Å². The van der Waals surface area contributed by atoms with Crippen LogP contribution in [0.25, 0.3) is 5.78 Å². The lowest BCUT2D eigenvalue weighted by atomic mass is 10.1. The Kier molecular flexibility index (Phi) is 5.41. The third-order valence-corrected chi connectivity index (χ3v) is 4.87. The highest BCUT2D eigenvalue weighted by Crippen LogP contribution is 2.21. The molecule has 2 heterocycles. The number of H-pyrrole nitrogens is 1. The van der Waals surface area contributed by atoms with Crippen LogP contribution in [0.1, 0.15) is 36.6 Å². The number of carbonyl (C=O) groups is 1. The Labute approximate surface area is 155 Å². The van der Waals surface area contributed by atoms with Gasteiger partial charge in [0.05, 0.1) is 5.75 Å². The molecule has 0 radical (unpaired) electrons. The van der Waals surface area contributed by atoms with E-state index in [-0.39, 0.29) is 23.1 Å². The molecule has 0 fully saturated rings. The highest BCUT2D eigenvalue weighted by atomic mass is 32.2. The SMILES string of the molecule is Cc1ccc(CNC(=O)CSc2nnc3[nH]c(=O)cc(C(C)C)n23)cc1. The van der Waals surface area contributed by atoms with E-state index in [0.29, 0.717) is 17.5 Å². The summed E-state index contributed by atoms with van der Waals surface area (Å²) >= 11 is 1.29. The fraction of sp³-hybridized carbons (Fsp3) is 0.333. The van der Waals surface area contributed by atoms with E-state index in [2.05, 4.69) is 20.5 Å². The largest absolute Gasteiger partial charge is 0.351 e. The zero-order valence-corrected chi connectivity index (χ0v) is 15.8. The number of benzene rings is 1. The van der Waals surface area contributed by atoms with Crippen molar-refractivity contribution in [1.29, 1.82) is 0 Å². The van der Waals surface area contributed by atoms with E-state index < -0.39 is 0 Å². The number of aryl methyl sites for hydroxylation is 1. The minimum atomic E-state index is -0.207. The second kappa shape index (κ2) is 7.74. The number of carbonyl (C=O) groups excluding carboxylic acids is 1.